The number of Topliss-reactive ketones (excluding diaryl/α,β-unsaturated/α-hetero) is 4. The minimum atomic E-state index is -3.04. The van der Waals surface area contributed by atoms with Crippen LogP contribution in [0.4, 0.5) is 20.5 Å². The van der Waals surface area contributed by atoms with Gasteiger partial charge in [0.15, 0.2) is 66.5 Å². The number of hydrogen-bond acceptors (Lipinski definition) is 48. The van der Waals surface area contributed by atoms with Crippen LogP contribution in [0.25, 0.3) is 0 Å². The van der Waals surface area contributed by atoms with E-state index in [4.69, 9.17) is 87.9 Å². The van der Waals surface area contributed by atoms with Crippen LogP contribution >= 0.6 is 117 Å². The molecule has 8 aliphatic rings. The summed E-state index contributed by atoms with van der Waals surface area (Å²) in [7, 11) is -9.13. The maximum atomic E-state index is 12.5. The molecule has 12 rings (SSSR count). The number of hydrogen-bond donors (Lipinski definition) is 15. The number of rotatable bonds is 27. The number of thiazole rings is 4. The van der Waals surface area contributed by atoms with Gasteiger partial charge in [-0.3, -0.25) is 58.0 Å². The SMILES string of the molecule is C.C=CC1=C(C(=O)O)N2C(=O)C(CC(=O)/C(=N\O)c3csc(N)n3)C2SC1.C=CC1=C(C(=O)O)N2C(=O)C(CC(=O)/C(=N\O)c3csc(N)n3)C2SC1.C=CC1=C(C(=O)O)N2C(=O)C(CC(=O)/C(=N\O)c3csc(N)n3)C2SC1.C=CC1=C(C(=O)O)N2C(=O)C(CC(=O)/C(=N\O)c3csc(N)n3)C2SC1.O=[P+]([O-])OO.O=[P+]([O-])OO.O=[P+]([O-])OO.[Cs+].[H-].[H-].[H-].[K+].[Na+]. The number of oxime groups is 4. The zero-order valence-electron chi connectivity index (χ0n) is 65.5. The summed E-state index contributed by atoms with van der Waals surface area (Å²) in [5, 5.41) is 112. The molecule has 8 aliphatic heterocycles. The van der Waals surface area contributed by atoms with Crippen molar-refractivity contribution in [1.29, 1.82) is 0 Å². The molecule has 0 saturated carbocycles. The first-order valence-electron chi connectivity index (χ1n) is 31.7. The molecule has 19 N–H and O–H groups in total. The second kappa shape index (κ2) is 53.1. The fourth-order valence-electron chi connectivity index (χ4n) is 11.5. The molecular weight excluding hydrogens is 2010 g/mol. The van der Waals surface area contributed by atoms with Gasteiger partial charge in [0, 0.05) is 84.2 Å². The van der Waals surface area contributed by atoms with E-state index in [1.807, 2.05) is 0 Å². The van der Waals surface area contributed by atoms with E-state index in [-0.39, 0.29) is 276 Å². The number of nitrogen functional groups attached to an aromatic ring is 4. The van der Waals surface area contributed by atoms with E-state index in [1.165, 1.54) is 112 Å². The maximum Gasteiger partial charge on any atom is 1.00 e. The third-order valence-corrected chi connectivity index (χ3v) is 25.1. The van der Waals surface area contributed by atoms with Crippen LogP contribution in [0.5, 0.6) is 0 Å². The van der Waals surface area contributed by atoms with E-state index in [0.717, 1.165) is 45.3 Å². The largest absolute Gasteiger partial charge is 1.00 e. The molecule has 62 heteroatoms. The van der Waals surface area contributed by atoms with Crippen LogP contribution in [0.3, 0.4) is 0 Å². The number of nitrogens with two attached hydrogens (primary N) is 4. The molecule has 4 saturated heterocycles. The third-order valence-electron chi connectivity index (χ3n) is 16.6. The van der Waals surface area contributed by atoms with Gasteiger partial charge in [0.1, 0.15) is 45.6 Å². The summed E-state index contributed by atoms with van der Waals surface area (Å²) in [6.45, 7) is 14.3. The summed E-state index contributed by atoms with van der Waals surface area (Å²) < 4.78 is 34.9. The number of thioether (sulfide) groups is 4. The van der Waals surface area contributed by atoms with Crippen molar-refractivity contribution in [2.45, 2.75) is 54.6 Å². The van der Waals surface area contributed by atoms with Gasteiger partial charge >= 0.3 is 198 Å². The van der Waals surface area contributed by atoms with Crippen LogP contribution in [0.2, 0.25) is 0 Å². The number of carbonyl (C=O) groups is 12. The smallest absolute Gasteiger partial charge is 1.00 e. The first-order chi connectivity index (χ1) is 56.3. The fraction of sp³-hybridized carbons (Fsp3) is 0.279. The molecule has 11 unspecified atom stereocenters. The van der Waals surface area contributed by atoms with Crippen LogP contribution in [0.15, 0.2) is 138 Å². The maximum absolute atomic E-state index is 12.5. The zero-order valence-corrected chi connectivity index (χ0v) is 83.1. The van der Waals surface area contributed by atoms with Crippen LogP contribution in [0.1, 0.15) is 60.2 Å². The molecule has 4 aromatic rings. The predicted molar refractivity (Wildman–Crippen MR) is 428 cm³/mol. The Bertz CT molecular complexity index is 4520. The summed E-state index contributed by atoms with van der Waals surface area (Å²) in [6.07, 6.45) is 4.84. The number of aliphatic carboxylic acids is 4. The molecule has 4 fully saturated rings. The van der Waals surface area contributed by atoms with Crippen molar-refractivity contribution in [1.82, 2.24) is 39.5 Å². The minimum Gasteiger partial charge on any atom is -1.00 e. The summed E-state index contributed by atoms with van der Waals surface area (Å²) in [5.41, 5.74) is 23.0. The van der Waals surface area contributed by atoms with Gasteiger partial charge in [-0.15, -0.1) is 92.4 Å². The van der Waals surface area contributed by atoms with Gasteiger partial charge in [0.25, 0.3) is 0 Å². The Kier molecular flexibility index (Phi) is 48.8. The van der Waals surface area contributed by atoms with Gasteiger partial charge < -0.3 is 83.1 Å². The summed E-state index contributed by atoms with van der Waals surface area (Å²) in [5.74, 6) is -10.2. The molecule has 12 heterocycles. The molecule has 123 heavy (non-hydrogen) atoms. The van der Waals surface area contributed by atoms with Crippen molar-refractivity contribution in [2.24, 2.45) is 44.3 Å². The van der Waals surface area contributed by atoms with Gasteiger partial charge in [0.2, 0.25) is 23.6 Å². The van der Waals surface area contributed by atoms with Gasteiger partial charge in [-0.2, -0.15) is 0 Å². The standard InChI is InChI=1S/4C15H14N4O5S2.CH4.Cs.K.Na.3HO4P.3H/c4*1-2-6-4-25-13-7(12(21)19(13)11(6)14(22)23)3-9(20)10(18-24)8-5-26-15(16)17-8;;;;;3*1-4-5(2)3;;;/h4*2,5,7,13,24H,1,3-4H2,(H2,16,17)(H,22,23);1H4;;;;3*1H;;;/q;;;;;3*+1;;;;3*-1/b4*18-10-;;;;;;;;;;. The van der Waals surface area contributed by atoms with Crippen molar-refractivity contribution in [3.05, 3.63) is 140 Å². The Morgan fingerprint density at radius 1 is 0.431 bits per heavy atom. The monoisotopic (exact) mass is 2080 g/mol. The molecule has 0 spiro atoms. The van der Waals surface area contributed by atoms with Crippen molar-refractivity contribution >= 4 is 231 Å². The number of aromatic nitrogens is 4. The van der Waals surface area contributed by atoms with Crippen LogP contribution in [-0.4, -0.2) is 235 Å². The Labute approximate surface area is 855 Å². The number of carbonyl (C=O) groups excluding carboxylic acids is 8. The summed E-state index contributed by atoms with van der Waals surface area (Å²) in [4.78, 5) is 193. The van der Waals surface area contributed by atoms with E-state index >= 15 is 0 Å². The molecule has 11 atom stereocenters. The third kappa shape index (κ3) is 28.0. The molecule has 48 nitrogen and oxygen atoms in total. The zero-order chi connectivity index (χ0) is 88.9. The number of ketones is 4. The average Bonchev–Trinajstić information content (AvgIpc) is 0.821. The molecule has 648 valence electrons. The van der Waals surface area contributed by atoms with E-state index in [2.05, 4.69) is 80.9 Å². The Morgan fingerprint density at radius 2 is 0.593 bits per heavy atom. The second-order valence-electron chi connectivity index (χ2n) is 23.1. The van der Waals surface area contributed by atoms with Crippen molar-refractivity contribution in [2.75, 3.05) is 45.9 Å². The number of carboxylic acids is 4. The van der Waals surface area contributed by atoms with Gasteiger partial charge in [-0.25, -0.2) is 54.9 Å². The van der Waals surface area contributed by atoms with Crippen molar-refractivity contribution < 1.29 is 311 Å². The number of β-lactam (4-membered cyclic amide) rings is 4. The Balaban J connectivity index is 0. The second-order valence-corrected chi connectivity index (χ2v) is 32.9. The molecule has 0 aromatic carbocycles. The number of amides is 4. The normalized spacial score (nSPS) is 20.6. The van der Waals surface area contributed by atoms with Crippen LogP contribution in [0, 0.1) is 23.7 Å². The van der Waals surface area contributed by atoms with Crippen molar-refractivity contribution in [3.8, 4) is 0 Å². The predicted octanol–water partition coefficient (Wildman–Crippen LogP) is -5.86. The Hall–Kier alpha value is -6.01. The minimum absolute atomic E-state index is 0. The number of anilines is 4. The first kappa shape index (κ1) is 113. The average molecular weight is 2080 g/mol. The molecule has 0 bridgehead atoms. The Morgan fingerprint density at radius 3 is 0.707 bits per heavy atom. The molecule has 0 aliphatic carbocycles. The van der Waals surface area contributed by atoms with E-state index in [9.17, 15) is 78.0 Å². The number of allylic oxidation sites excluding steroid dienone is 4. The topological polar surface area (TPSA) is 793 Å². The van der Waals surface area contributed by atoms with Gasteiger partial charge in [-0.05, 0) is 36.0 Å². The van der Waals surface area contributed by atoms with E-state index in [0.29, 0.717) is 45.3 Å². The van der Waals surface area contributed by atoms with Crippen LogP contribution in [-0.2, 0) is 85.3 Å². The van der Waals surface area contributed by atoms with Gasteiger partial charge in [-0.1, -0.05) is 78.7 Å². The quantitative estimate of drug-likeness (QED) is 0.00503. The van der Waals surface area contributed by atoms with E-state index < -0.39 is 141 Å². The van der Waals surface area contributed by atoms with Crippen LogP contribution < -0.4 is 187 Å². The number of nitrogens with zero attached hydrogens (tertiary/aromatic N) is 12. The first-order valence-corrected chi connectivity index (χ1v) is 42.7. The summed E-state index contributed by atoms with van der Waals surface area (Å²) in [6, 6.07) is 0. The molecular formula is C61H66CsKN16NaO32P3S8. The van der Waals surface area contributed by atoms with E-state index in [1.54, 1.807) is 0 Å². The fourth-order valence-corrected chi connectivity index (χ4v) is 19.3. The number of fused-ring (bicyclic) bond motifs is 4. The molecule has 4 amide bonds. The molecule has 0 radical (unpaired) electrons. The number of carboxylic acid groups (broad SMARTS) is 4. The van der Waals surface area contributed by atoms with Crippen molar-refractivity contribution in [3.63, 3.8) is 0 Å². The molecule has 4 aromatic heterocycles. The summed E-state index contributed by atoms with van der Waals surface area (Å²) >= 11 is 9.82. The van der Waals surface area contributed by atoms with Gasteiger partial charge in [0.05, 0.1) is 45.2 Å².